The molecule has 0 aromatic carbocycles. The molecule has 4 N–H and O–H groups in total. The molecule has 1 unspecified atom stereocenters. The lowest BCUT2D eigenvalue weighted by Gasteiger charge is -2.19. The zero-order valence-electron chi connectivity index (χ0n) is 8.79. The molecule has 1 saturated heterocycles. The van der Waals surface area contributed by atoms with Crippen LogP contribution in [0.3, 0.4) is 0 Å². The third-order valence-electron chi connectivity index (χ3n) is 2.06. The quantitative estimate of drug-likeness (QED) is 0.465. The molecular weight excluding hydrogens is 198 g/mol. The Morgan fingerprint density at radius 3 is 2.93 bits per heavy atom. The number of aliphatic hydroxyl groups is 1. The van der Waals surface area contributed by atoms with Gasteiger partial charge in [-0.25, -0.2) is 0 Å². The van der Waals surface area contributed by atoms with Gasteiger partial charge in [0.2, 0.25) is 0 Å². The van der Waals surface area contributed by atoms with Crippen molar-refractivity contribution in [2.45, 2.75) is 31.9 Å². The van der Waals surface area contributed by atoms with E-state index >= 15 is 0 Å². The fraction of sp³-hybridized carbons (Fsp3) is 0.889. The first-order chi connectivity index (χ1) is 6.52. The summed E-state index contributed by atoms with van der Waals surface area (Å²) >= 11 is 1.77. The van der Waals surface area contributed by atoms with Gasteiger partial charge in [-0.2, -0.15) is 11.8 Å². The van der Waals surface area contributed by atoms with Gasteiger partial charge >= 0.3 is 0 Å². The highest BCUT2D eigenvalue weighted by Gasteiger charge is 2.31. The van der Waals surface area contributed by atoms with Gasteiger partial charge in [-0.3, -0.25) is 4.99 Å². The fourth-order valence-electron chi connectivity index (χ4n) is 1.29. The van der Waals surface area contributed by atoms with Crippen LogP contribution in [0.2, 0.25) is 0 Å². The van der Waals surface area contributed by atoms with Crippen LogP contribution in [0.15, 0.2) is 4.99 Å². The van der Waals surface area contributed by atoms with Crippen LogP contribution in [0, 0.1) is 0 Å². The summed E-state index contributed by atoms with van der Waals surface area (Å²) in [5.74, 6) is 2.21. The molecule has 1 aliphatic heterocycles. The van der Waals surface area contributed by atoms with E-state index in [1.54, 1.807) is 11.8 Å². The average Bonchev–Trinajstić information content (AvgIpc) is 2.49. The van der Waals surface area contributed by atoms with Crippen molar-refractivity contribution >= 4 is 17.7 Å². The highest BCUT2D eigenvalue weighted by molar-refractivity contribution is 7.99. The predicted octanol–water partition coefficient (Wildman–Crippen LogP) is 0.167. The smallest absolute Gasteiger partial charge is 0.188 e. The molecule has 5 heteroatoms. The van der Waals surface area contributed by atoms with Crippen LogP contribution in [0.4, 0.5) is 0 Å². The lowest BCUT2D eigenvalue weighted by atomic mass is 10.1. The van der Waals surface area contributed by atoms with Crippen molar-refractivity contribution in [1.82, 2.24) is 5.32 Å². The Balaban J connectivity index is 2.37. The molecule has 0 spiro atoms. The molecule has 0 bridgehead atoms. The maximum atomic E-state index is 9.96. The van der Waals surface area contributed by atoms with Crippen LogP contribution in [0.25, 0.3) is 0 Å². The molecule has 0 saturated carbocycles. The zero-order chi connectivity index (χ0) is 10.6. The molecule has 14 heavy (non-hydrogen) atoms. The summed E-state index contributed by atoms with van der Waals surface area (Å²) in [4.78, 5) is 4.14. The highest BCUT2D eigenvalue weighted by Crippen LogP contribution is 2.27. The van der Waals surface area contributed by atoms with Crippen LogP contribution < -0.4 is 11.1 Å². The summed E-state index contributed by atoms with van der Waals surface area (Å²) < 4.78 is 0. The van der Waals surface area contributed by atoms with Crippen molar-refractivity contribution in [3.8, 4) is 0 Å². The maximum Gasteiger partial charge on any atom is 0.188 e. The van der Waals surface area contributed by atoms with Crippen LogP contribution in [0.1, 0.15) is 20.3 Å². The Labute approximate surface area is 89.4 Å². The summed E-state index contributed by atoms with van der Waals surface area (Å²) in [5.41, 5.74) is 5.00. The van der Waals surface area contributed by atoms with Crippen LogP contribution >= 0.6 is 11.8 Å². The van der Waals surface area contributed by atoms with Crippen LogP contribution in [-0.4, -0.2) is 40.8 Å². The summed E-state index contributed by atoms with van der Waals surface area (Å²) in [6.45, 7) is 4.41. The second kappa shape index (κ2) is 4.89. The Morgan fingerprint density at radius 2 is 2.43 bits per heavy atom. The summed E-state index contributed by atoms with van der Waals surface area (Å²) in [6.07, 6.45) is 0.816. The number of hydrogen-bond donors (Lipinski definition) is 3. The van der Waals surface area contributed by atoms with Crippen LogP contribution in [-0.2, 0) is 0 Å². The molecule has 1 rings (SSSR count). The van der Waals surface area contributed by atoms with E-state index in [0.29, 0.717) is 12.5 Å². The number of nitrogens with two attached hydrogens (primary N) is 1. The van der Waals surface area contributed by atoms with Crippen molar-refractivity contribution in [2.75, 3.05) is 18.1 Å². The molecule has 0 amide bonds. The molecule has 1 heterocycles. The molecule has 0 aliphatic carbocycles. The van der Waals surface area contributed by atoms with E-state index in [1.807, 2.05) is 13.8 Å². The number of aliphatic imine (C=N–C) groups is 1. The van der Waals surface area contributed by atoms with Gasteiger partial charge in [0.1, 0.15) is 0 Å². The van der Waals surface area contributed by atoms with E-state index in [1.165, 1.54) is 0 Å². The largest absolute Gasteiger partial charge is 0.387 e. The lowest BCUT2D eigenvalue weighted by Crippen LogP contribution is -2.39. The maximum absolute atomic E-state index is 9.96. The summed E-state index contributed by atoms with van der Waals surface area (Å²) in [5, 5.41) is 13.0. The molecule has 0 aromatic rings. The van der Waals surface area contributed by atoms with Gasteiger partial charge in [-0.1, -0.05) is 0 Å². The normalized spacial score (nSPS) is 28.4. The Morgan fingerprint density at radius 1 is 1.71 bits per heavy atom. The molecule has 82 valence electrons. The SMILES string of the molecule is CC(C)NC(N)=NCC1(O)CCSC1. The Kier molecular flexibility index (Phi) is 4.07. The molecule has 4 nitrogen and oxygen atoms in total. The van der Waals surface area contributed by atoms with Crippen molar-refractivity contribution < 1.29 is 5.11 Å². The van der Waals surface area contributed by atoms with Crippen molar-refractivity contribution in [1.29, 1.82) is 0 Å². The number of nitrogens with zero attached hydrogens (tertiary/aromatic N) is 1. The Hall–Kier alpha value is -0.420. The van der Waals surface area contributed by atoms with Crippen molar-refractivity contribution in [2.24, 2.45) is 10.7 Å². The average molecular weight is 217 g/mol. The third kappa shape index (κ3) is 3.75. The molecular formula is C9H19N3OS. The summed E-state index contributed by atoms with van der Waals surface area (Å²) in [7, 11) is 0. The number of nitrogens with one attached hydrogen (secondary N) is 1. The zero-order valence-corrected chi connectivity index (χ0v) is 9.60. The first-order valence-electron chi connectivity index (χ1n) is 4.88. The minimum absolute atomic E-state index is 0.284. The van der Waals surface area contributed by atoms with Gasteiger partial charge in [0.25, 0.3) is 0 Å². The number of guanidine groups is 1. The fourth-order valence-corrected chi connectivity index (χ4v) is 2.58. The van der Waals surface area contributed by atoms with Gasteiger partial charge < -0.3 is 16.2 Å². The van der Waals surface area contributed by atoms with Gasteiger partial charge in [-0.05, 0) is 26.0 Å². The second-order valence-corrected chi connectivity index (χ2v) is 5.13. The monoisotopic (exact) mass is 217 g/mol. The number of rotatable bonds is 3. The minimum atomic E-state index is -0.631. The summed E-state index contributed by atoms with van der Waals surface area (Å²) in [6, 6.07) is 0.284. The predicted molar refractivity (Wildman–Crippen MR) is 61.7 cm³/mol. The van der Waals surface area contributed by atoms with Gasteiger partial charge in [0.05, 0.1) is 12.1 Å². The number of thioether (sulfide) groups is 1. The molecule has 1 atom stereocenters. The van der Waals surface area contributed by atoms with Gasteiger partial charge in [-0.15, -0.1) is 0 Å². The van der Waals surface area contributed by atoms with E-state index in [9.17, 15) is 5.11 Å². The van der Waals surface area contributed by atoms with Crippen molar-refractivity contribution in [3.63, 3.8) is 0 Å². The lowest BCUT2D eigenvalue weighted by molar-refractivity contribution is 0.0779. The molecule has 0 radical (unpaired) electrons. The minimum Gasteiger partial charge on any atom is -0.387 e. The second-order valence-electron chi connectivity index (χ2n) is 4.03. The van der Waals surface area contributed by atoms with E-state index in [-0.39, 0.29) is 6.04 Å². The van der Waals surface area contributed by atoms with E-state index in [0.717, 1.165) is 17.9 Å². The van der Waals surface area contributed by atoms with E-state index in [2.05, 4.69) is 10.3 Å². The van der Waals surface area contributed by atoms with E-state index in [4.69, 9.17) is 5.73 Å². The first-order valence-corrected chi connectivity index (χ1v) is 6.04. The molecule has 1 aliphatic rings. The van der Waals surface area contributed by atoms with Gasteiger partial charge in [0.15, 0.2) is 5.96 Å². The topological polar surface area (TPSA) is 70.6 Å². The standard InChI is InChI=1S/C9H19N3OS/c1-7(2)12-8(10)11-5-9(13)3-4-14-6-9/h7,13H,3-6H2,1-2H3,(H3,10,11,12). The molecule has 0 aromatic heterocycles. The third-order valence-corrected chi connectivity index (χ3v) is 3.30. The molecule has 1 fully saturated rings. The first kappa shape index (κ1) is 11.7. The van der Waals surface area contributed by atoms with E-state index < -0.39 is 5.60 Å². The van der Waals surface area contributed by atoms with Crippen molar-refractivity contribution in [3.05, 3.63) is 0 Å². The Bertz CT molecular complexity index is 212. The van der Waals surface area contributed by atoms with Crippen LogP contribution in [0.5, 0.6) is 0 Å². The highest BCUT2D eigenvalue weighted by atomic mass is 32.2. The van der Waals surface area contributed by atoms with Gasteiger partial charge in [0, 0.05) is 11.8 Å². The number of hydrogen-bond acceptors (Lipinski definition) is 3.